The van der Waals surface area contributed by atoms with Crippen molar-refractivity contribution in [2.24, 2.45) is 0 Å². The topological polar surface area (TPSA) is 62.3 Å². The quantitative estimate of drug-likeness (QED) is 0.878. The lowest BCUT2D eigenvalue weighted by Gasteiger charge is -2.27. The molecule has 6 heteroatoms. The maximum atomic E-state index is 11.9. The highest BCUT2D eigenvalue weighted by molar-refractivity contribution is 9.10. The fourth-order valence-corrected chi connectivity index (χ4v) is 2.60. The van der Waals surface area contributed by atoms with Crippen molar-refractivity contribution in [2.75, 3.05) is 11.4 Å². The number of imide groups is 1. The summed E-state index contributed by atoms with van der Waals surface area (Å²) >= 11 is 3.44. The van der Waals surface area contributed by atoms with Crippen LogP contribution >= 0.6 is 15.9 Å². The zero-order chi connectivity index (χ0) is 13.4. The largest absolute Gasteiger partial charge is 0.328 e. The van der Waals surface area contributed by atoms with E-state index >= 15 is 0 Å². The maximum Gasteiger partial charge on any atom is 0.328 e. The van der Waals surface area contributed by atoms with E-state index in [1.54, 1.807) is 11.1 Å². The Bertz CT molecular complexity index is 687. The SMILES string of the molecule is O=C1CCN(c2ccc(Br)c3ncccc23)C(=O)N1. The van der Waals surface area contributed by atoms with Crippen LogP contribution in [0.1, 0.15) is 6.42 Å². The van der Waals surface area contributed by atoms with Gasteiger partial charge in [-0.3, -0.25) is 20.0 Å². The lowest BCUT2D eigenvalue weighted by Crippen LogP contribution is -2.49. The summed E-state index contributed by atoms with van der Waals surface area (Å²) in [6.45, 7) is 0.385. The molecule has 1 aromatic heterocycles. The van der Waals surface area contributed by atoms with Crippen molar-refractivity contribution in [3.63, 3.8) is 0 Å². The molecule has 1 aliphatic rings. The molecular formula is C13H10BrN3O2. The third-order valence-corrected chi connectivity index (χ3v) is 3.68. The number of urea groups is 1. The predicted molar refractivity (Wildman–Crippen MR) is 74.9 cm³/mol. The zero-order valence-corrected chi connectivity index (χ0v) is 11.5. The molecule has 1 N–H and O–H groups in total. The van der Waals surface area contributed by atoms with Crippen molar-refractivity contribution < 1.29 is 9.59 Å². The fraction of sp³-hybridized carbons (Fsp3) is 0.154. The fourth-order valence-electron chi connectivity index (χ4n) is 2.15. The van der Waals surface area contributed by atoms with E-state index in [2.05, 4.69) is 26.2 Å². The number of halogens is 1. The van der Waals surface area contributed by atoms with Gasteiger partial charge in [0.25, 0.3) is 0 Å². The second-order valence-electron chi connectivity index (χ2n) is 4.22. The van der Waals surface area contributed by atoms with Crippen LogP contribution in [-0.4, -0.2) is 23.5 Å². The average molecular weight is 320 g/mol. The Morgan fingerprint density at radius 3 is 2.89 bits per heavy atom. The molecule has 1 fully saturated rings. The summed E-state index contributed by atoms with van der Waals surface area (Å²) in [5.41, 5.74) is 1.56. The van der Waals surface area contributed by atoms with Crippen LogP contribution in [0.4, 0.5) is 10.5 Å². The Labute approximate surface area is 117 Å². The third-order valence-electron chi connectivity index (χ3n) is 3.04. The molecule has 19 heavy (non-hydrogen) atoms. The molecule has 0 saturated carbocycles. The summed E-state index contributed by atoms with van der Waals surface area (Å²) in [7, 11) is 0. The third kappa shape index (κ3) is 2.08. The number of pyridine rings is 1. The summed E-state index contributed by atoms with van der Waals surface area (Å²) in [4.78, 5) is 29.0. The maximum absolute atomic E-state index is 11.9. The number of fused-ring (bicyclic) bond motifs is 1. The van der Waals surface area contributed by atoms with Gasteiger partial charge >= 0.3 is 6.03 Å². The minimum atomic E-state index is -0.385. The van der Waals surface area contributed by atoms with Crippen LogP contribution in [0, 0.1) is 0 Å². The first kappa shape index (κ1) is 12.1. The minimum Gasteiger partial charge on any atom is -0.293 e. The molecule has 0 atom stereocenters. The van der Waals surface area contributed by atoms with Crippen LogP contribution in [0.25, 0.3) is 10.9 Å². The molecule has 0 unspecified atom stereocenters. The number of nitrogens with zero attached hydrogens (tertiary/aromatic N) is 2. The summed E-state index contributed by atoms with van der Waals surface area (Å²) < 4.78 is 0.875. The van der Waals surface area contributed by atoms with Crippen LogP contribution < -0.4 is 10.2 Å². The zero-order valence-electron chi connectivity index (χ0n) is 9.89. The normalized spacial score (nSPS) is 15.7. The van der Waals surface area contributed by atoms with Crippen molar-refractivity contribution >= 4 is 44.5 Å². The van der Waals surface area contributed by atoms with E-state index < -0.39 is 0 Å². The smallest absolute Gasteiger partial charge is 0.293 e. The van der Waals surface area contributed by atoms with Crippen LogP contribution in [-0.2, 0) is 4.79 Å². The average Bonchev–Trinajstić information content (AvgIpc) is 2.41. The Hall–Kier alpha value is -1.95. The molecule has 96 valence electrons. The standard InChI is InChI=1S/C13H10BrN3O2/c14-9-3-4-10(8-2-1-6-15-12(8)9)17-7-5-11(18)16-13(17)19/h1-4,6H,5,7H2,(H,16,18,19). The van der Waals surface area contributed by atoms with Crippen LogP contribution in [0.3, 0.4) is 0 Å². The molecule has 0 spiro atoms. The van der Waals surface area contributed by atoms with E-state index in [0.717, 1.165) is 21.1 Å². The minimum absolute atomic E-state index is 0.235. The monoisotopic (exact) mass is 319 g/mol. The molecule has 0 radical (unpaired) electrons. The van der Waals surface area contributed by atoms with E-state index in [1.807, 2.05) is 24.3 Å². The van der Waals surface area contributed by atoms with E-state index in [0.29, 0.717) is 13.0 Å². The number of carbonyl (C=O) groups is 2. The second-order valence-corrected chi connectivity index (χ2v) is 5.08. The van der Waals surface area contributed by atoms with Gasteiger partial charge in [-0.2, -0.15) is 0 Å². The van der Waals surface area contributed by atoms with Crippen molar-refractivity contribution in [1.82, 2.24) is 10.3 Å². The van der Waals surface area contributed by atoms with Crippen LogP contribution in [0.5, 0.6) is 0 Å². The Morgan fingerprint density at radius 1 is 1.26 bits per heavy atom. The summed E-state index contributed by atoms with van der Waals surface area (Å²) in [5.74, 6) is -0.235. The first-order valence-corrected chi connectivity index (χ1v) is 6.61. The van der Waals surface area contributed by atoms with Gasteiger partial charge in [0.1, 0.15) is 0 Å². The van der Waals surface area contributed by atoms with Crippen molar-refractivity contribution in [3.8, 4) is 0 Å². The molecule has 1 aliphatic heterocycles. The predicted octanol–water partition coefficient (Wildman–Crippen LogP) is 2.44. The van der Waals surface area contributed by atoms with Gasteiger partial charge in [0.05, 0.1) is 11.2 Å². The summed E-state index contributed by atoms with van der Waals surface area (Å²) in [6, 6.07) is 7.05. The number of hydrogen-bond acceptors (Lipinski definition) is 3. The molecule has 2 heterocycles. The van der Waals surface area contributed by atoms with Crippen molar-refractivity contribution in [1.29, 1.82) is 0 Å². The van der Waals surface area contributed by atoms with Gasteiger partial charge in [-0.25, -0.2) is 4.79 Å². The molecule has 3 amide bonds. The Kier molecular flexibility index (Phi) is 2.94. The van der Waals surface area contributed by atoms with Crippen LogP contribution in [0.2, 0.25) is 0 Å². The van der Waals surface area contributed by atoms with Gasteiger partial charge in [-0.05, 0) is 40.2 Å². The number of rotatable bonds is 1. The number of nitrogens with one attached hydrogen (secondary N) is 1. The lowest BCUT2D eigenvalue weighted by atomic mass is 10.1. The molecule has 3 rings (SSSR count). The van der Waals surface area contributed by atoms with Crippen molar-refractivity contribution in [3.05, 3.63) is 34.9 Å². The summed E-state index contributed by atoms with van der Waals surface area (Å²) in [6.07, 6.45) is 2.01. The number of carbonyl (C=O) groups excluding carboxylic acids is 2. The second kappa shape index (κ2) is 4.62. The molecule has 1 saturated heterocycles. The summed E-state index contributed by atoms with van der Waals surface area (Å²) in [5, 5.41) is 3.20. The molecular weight excluding hydrogens is 310 g/mol. The highest BCUT2D eigenvalue weighted by atomic mass is 79.9. The lowest BCUT2D eigenvalue weighted by molar-refractivity contribution is -0.120. The van der Waals surface area contributed by atoms with Gasteiger partial charge in [0.2, 0.25) is 5.91 Å². The number of hydrogen-bond donors (Lipinski definition) is 1. The molecule has 5 nitrogen and oxygen atoms in total. The van der Waals surface area contributed by atoms with E-state index in [4.69, 9.17) is 0 Å². The number of benzene rings is 1. The highest BCUT2D eigenvalue weighted by Crippen LogP contribution is 2.31. The van der Waals surface area contributed by atoms with Gasteiger partial charge < -0.3 is 0 Å². The molecule has 0 bridgehead atoms. The van der Waals surface area contributed by atoms with Gasteiger partial charge in [0.15, 0.2) is 0 Å². The Balaban J connectivity index is 2.13. The molecule has 2 aromatic rings. The van der Waals surface area contributed by atoms with Crippen LogP contribution in [0.15, 0.2) is 34.9 Å². The van der Waals surface area contributed by atoms with Gasteiger partial charge in [-0.1, -0.05) is 0 Å². The number of aromatic nitrogens is 1. The highest BCUT2D eigenvalue weighted by Gasteiger charge is 2.25. The van der Waals surface area contributed by atoms with Gasteiger partial charge in [-0.15, -0.1) is 0 Å². The van der Waals surface area contributed by atoms with Gasteiger partial charge in [0, 0.05) is 29.0 Å². The molecule has 0 aliphatic carbocycles. The first-order chi connectivity index (χ1) is 9.16. The van der Waals surface area contributed by atoms with Crippen molar-refractivity contribution in [2.45, 2.75) is 6.42 Å². The number of anilines is 1. The molecule has 1 aromatic carbocycles. The van der Waals surface area contributed by atoms with E-state index in [1.165, 1.54) is 0 Å². The van der Waals surface area contributed by atoms with E-state index in [-0.39, 0.29) is 11.9 Å². The number of amides is 3. The van der Waals surface area contributed by atoms with E-state index in [9.17, 15) is 9.59 Å². The Morgan fingerprint density at radius 2 is 2.11 bits per heavy atom. The first-order valence-electron chi connectivity index (χ1n) is 5.81.